The van der Waals surface area contributed by atoms with Crippen molar-refractivity contribution in [3.05, 3.63) is 81.0 Å². The molecule has 9 nitrogen and oxygen atoms in total. The van der Waals surface area contributed by atoms with E-state index in [4.69, 9.17) is 13.9 Å². The maximum Gasteiger partial charge on any atom is 0.227 e. The van der Waals surface area contributed by atoms with E-state index in [2.05, 4.69) is 10.3 Å². The van der Waals surface area contributed by atoms with Gasteiger partial charge in [-0.2, -0.15) is 0 Å². The predicted octanol–water partition coefficient (Wildman–Crippen LogP) is 4.57. The van der Waals surface area contributed by atoms with E-state index in [-0.39, 0.29) is 35.6 Å². The van der Waals surface area contributed by atoms with Gasteiger partial charge >= 0.3 is 0 Å². The summed E-state index contributed by atoms with van der Waals surface area (Å²) in [7, 11) is 3.05. The van der Waals surface area contributed by atoms with Crippen molar-refractivity contribution in [3.8, 4) is 23.0 Å². The van der Waals surface area contributed by atoms with Crippen molar-refractivity contribution < 1.29 is 28.9 Å². The largest absolute Gasteiger partial charge is 0.504 e. The highest BCUT2D eigenvalue weighted by molar-refractivity contribution is 5.87. The number of carbonyl (C=O) groups is 1. The van der Waals surface area contributed by atoms with Crippen LogP contribution in [0.4, 0.5) is 0 Å². The predicted molar refractivity (Wildman–Crippen MR) is 141 cm³/mol. The molecule has 2 atom stereocenters. The first-order valence-corrected chi connectivity index (χ1v) is 12.5. The molecule has 0 unspecified atom stereocenters. The number of benzene rings is 2. The number of phenols is 1. The minimum atomic E-state index is -0.799. The first-order chi connectivity index (χ1) is 18.3. The summed E-state index contributed by atoms with van der Waals surface area (Å²) >= 11 is 0. The van der Waals surface area contributed by atoms with E-state index in [1.807, 2.05) is 18.2 Å². The van der Waals surface area contributed by atoms with Crippen LogP contribution in [0.3, 0.4) is 0 Å². The van der Waals surface area contributed by atoms with Gasteiger partial charge in [0.25, 0.3) is 0 Å². The molecule has 2 aromatic heterocycles. The summed E-state index contributed by atoms with van der Waals surface area (Å²) in [5.74, 6) is -0.425. The van der Waals surface area contributed by atoms with Gasteiger partial charge in [-0.25, -0.2) is 0 Å². The number of amides is 1. The quantitative estimate of drug-likeness (QED) is 0.281. The fraction of sp³-hybridized carbons (Fsp3) is 0.310. The summed E-state index contributed by atoms with van der Waals surface area (Å²) in [4.78, 5) is 29.3. The van der Waals surface area contributed by atoms with Crippen molar-refractivity contribution in [3.63, 3.8) is 0 Å². The molecule has 0 saturated carbocycles. The van der Waals surface area contributed by atoms with Gasteiger partial charge in [-0.15, -0.1) is 0 Å². The highest BCUT2D eigenvalue weighted by Crippen LogP contribution is 2.39. The second-order valence-electron chi connectivity index (χ2n) is 9.56. The maximum atomic E-state index is 13.5. The van der Waals surface area contributed by atoms with Gasteiger partial charge in [-0.05, 0) is 67.6 Å². The normalized spacial score (nSPS) is 15.6. The Morgan fingerprint density at radius 3 is 2.74 bits per heavy atom. The zero-order valence-corrected chi connectivity index (χ0v) is 21.5. The van der Waals surface area contributed by atoms with Crippen LogP contribution < -0.4 is 20.2 Å². The van der Waals surface area contributed by atoms with E-state index in [1.165, 1.54) is 19.2 Å². The lowest BCUT2D eigenvalue weighted by Crippen LogP contribution is -2.32. The van der Waals surface area contributed by atoms with Crippen LogP contribution in [-0.2, 0) is 11.2 Å². The third-order valence-electron chi connectivity index (χ3n) is 7.13. The second-order valence-corrected chi connectivity index (χ2v) is 9.56. The molecule has 2 heterocycles. The number of methoxy groups -OCH3 is 2. The molecule has 1 amide bonds. The van der Waals surface area contributed by atoms with Crippen molar-refractivity contribution in [1.29, 1.82) is 0 Å². The monoisotopic (exact) mass is 518 g/mol. The molecule has 9 heteroatoms. The van der Waals surface area contributed by atoms with Crippen LogP contribution in [0, 0.1) is 6.92 Å². The zero-order valence-electron chi connectivity index (χ0n) is 21.5. The Kier molecular flexibility index (Phi) is 6.75. The van der Waals surface area contributed by atoms with Gasteiger partial charge in [-0.3, -0.25) is 9.59 Å². The van der Waals surface area contributed by atoms with E-state index < -0.39 is 17.1 Å². The number of ether oxygens (including phenoxy) is 2. The molecule has 4 N–H and O–H groups in total. The van der Waals surface area contributed by atoms with E-state index in [0.29, 0.717) is 11.3 Å². The van der Waals surface area contributed by atoms with Crippen molar-refractivity contribution in [2.45, 2.75) is 44.6 Å². The number of aromatic hydroxyl groups is 2. The minimum Gasteiger partial charge on any atom is -0.504 e. The fourth-order valence-corrected chi connectivity index (χ4v) is 5.29. The highest BCUT2D eigenvalue weighted by atomic mass is 16.5. The van der Waals surface area contributed by atoms with Crippen LogP contribution >= 0.6 is 0 Å². The van der Waals surface area contributed by atoms with E-state index in [0.717, 1.165) is 47.2 Å². The van der Waals surface area contributed by atoms with Gasteiger partial charge in [0, 0.05) is 29.1 Å². The number of aryl methyl sites for hydroxylation is 2. The summed E-state index contributed by atoms with van der Waals surface area (Å²) in [5, 5.41) is 24.9. The van der Waals surface area contributed by atoms with Gasteiger partial charge in [0.05, 0.1) is 26.2 Å². The number of fused-ring (bicyclic) bond motifs is 3. The standard InChI is InChI=1S/C29H30N2O7/c1-15-11-24(33)28(35)29(38-15)19(16-7-10-23(32)25(12-16)37-3)14-26(34)30-22-6-4-5-18-20-13-17(36-2)8-9-21(20)31-27(18)22/h7-13,19,22,31-32,35H,4-6,14H2,1-3H3,(H,30,34)/t19-,22-/m1/s1. The molecule has 2 aromatic carbocycles. The Morgan fingerprint density at radius 1 is 1.16 bits per heavy atom. The Balaban J connectivity index is 1.47. The number of carbonyl (C=O) groups excluding carboxylic acids is 1. The third-order valence-corrected chi connectivity index (χ3v) is 7.13. The molecule has 0 spiro atoms. The molecule has 38 heavy (non-hydrogen) atoms. The third kappa shape index (κ3) is 4.67. The molecule has 0 fully saturated rings. The van der Waals surface area contributed by atoms with E-state index in [9.17, 15) is 19.8 Å². The Hall–Kier alpha value is -4.40. The molecule has 0 radical (unpaired) electrons. The summed E-state index contributed by atoms with van der Waals surface area (Å²) in [5.41, 5.74) is 3.07. The average Bonchev–Trinajstić information content (AvgIpc) is 3.29. The van der Waals surface area contributed by atoms with Crippen molar-refractivity contribution in [1.82, 2.24) is 10.3 Å². The van der Waals surface area contributed by atoms with E-state index >= 15 is 0 Å². The number of H-pyrrole nitrogens is 1. The van der Waals surface area contributed by atoms with Crippen molar-refractivity contribution in [2.75, 3.05) is 14.2 Å². The molecule has 198 valence electrons. The van der Waals surface area contributed by atoms with Gasteiger partial charge in [0.2, 0.25) is 17.1 Å². The molecular formula is C29H30N2O7. The minimum absolute atomic E-state index is 0.0140. The second kappa shape index (κ2) is 10.2. The first kappa shape index (κ1) is 25.3. The smallest absolute Gasteiger partial charge is 0.227 e. The molecule has 0 saturated heterocycles. The van der Waals surface area contributed by atoms with Gasteiger partial charge in [0.1, 0.15) is 11.5 Å². The van der Waals surface area contributed by atoms with Gasteiger partial charge in [-0.1, -0.05) is 6.07 Å². The van der Waals surface area contributed by atoms with Crippen molar-refractivity contribution >= 4 is 16.8 Å². The molecule has 0 aliphatic heterocycles. The van der Waals surface area contributed by atoms with Crippen molar-refractivity contribution in [2.24, 2.45) is 0 Å². The van der Waals surface area contributed by atoms with Crippen LogP contribution in [0.15, 0.2) is 51.7 Å². The van der Waals surface area contributed by atoms with Gasteiger partial charge < -0.3 is 34.4 Å². The lowest BCUT2D eigenvalue weighted by Gasteiger charge is -2.25. The molecule has 1 aliphatic rings. The number of rotatable bonds is 7. The van der Waals surface area contributed by atoms with Crippen LogP contribution in [0.25, 0.3) is 10.9 Å². The molecule has 1 aliphatic carbocycles. The molecule has 5 rings (SSSR count). The number of nitrogens with one attached hydrogen (secondary N) is 2. The number of phenolic OH excluding ortho intramolecular Hbond substituents is 1. The number of hydrogen-bond donors (Lipinski definition) is 4. The van der Waals surface area contributed by atoms with Crippen LogP contribution in [0.1, 0.15) is 59.6 Å². The highest BCUT2D eigenvalue weighted by Gasteiger charge is 2.30. The Labute approximate surface area is 219 Å². The SMILES string of the molecule is COc1ccc2[nH]c3c(c2c1)CCC[C@H]3NC(=O)C[C@H](c1ccc(O)c(OC)c1)c1oc(C)cc(=O)c1O. The first-order valence-electron chi connectivity index (χ1n) is 12.5. The zero-order chi connectivity index (χ0) is 27.0. The fourth-order valence-electron chi connectivity index (χ4n) is 5.29. The topological polar surface area (TPSA) is 134 Å². The molecule has 0 bridgehead atoms. The van der Waals surface area contributed by atoms with E-state index in [1.54, 1.807) is 26.2 Å². The average molecular weight is 519 g/mol. The lowest BCUT2D eigenvalue weighted by atomic mass is 9.89. The Morgan fingerprint density at radius 2 is 1.97 bits per heavy atom. The summed E-state index contributed by atoms with van der Waals surface area (Å²) in [6.07, 6.45) is 2.47. The summed E-state index contributed by atoms with van der Waals surface area (Å²) in [6.45, 7) is 1.60. The lowest BCUT2D eigenvalue weighted by molar-refractivity contribution is -0.122. The maximum absolute atomic E-state index is 13.5. The Bertz CT molecular complexity index is 1570. The molecular weight excluding hydrogens is 488 g/mol. The number of aromatic nitrogens is 1. The number of aromatic amines is 1. The summed E-state index contributed by atoms with van der Waals surface area (Å²) in [6, 6.07) is 11.5. The van der Waals surface area contributed by atoms with Gasteiger partial charge in [0.15, 0.2) is 17.3 Å². The summed E-state index contributed by atoms with van der Waals surface area (Å²) < 4.78 is 16.4. The molecule has 4 aromatic rings. The number of hydrogen-bond acceptors (Lipinski definition) is 7. The van der Waals surface area contributed by atoms with Crippen LogP contribution in [0.2, 0.25) is 0 Å². The van der Waals surface area contributed by atoms with Crippen LogP contribution in [-0.4, -0.2) is 35.3 Å². The van der Waals surface area contributed by atoms with Crippen LogP contribution in [0.5, 0.6) is 23.0 Å².